The minimum Gasteiger partial charge on any atom is -0.508 e. The largest absolute Gasteiger partial charge is 0.508 e. The molecule has 0 aromatic heterocycles. The van der Waals surface area contributed by atoms with Gasteiger partial charge in [0.2, 0.25) is 0 Å². The van der Waals surface area contributed by atoms with Crippen LogP contribution in [0.15, 0.2) is 36.4 Å². The molecule has 0 saturated heterocycles. The molecule has 0 atom stereocenters. The van der Waals surface area contributed by atoms with Crippen molar-refractivity contribution >= 4 is 11.4 Å². The summed E-state index contributed by atoms with van der Waals surface area (Å²) in [5, 5.41) is 31.8. The third-order valence-electron chi connectivity index (χ3n) is 2.75. The first-order chi connectivity index (χ1) is 9.99. The lowest BCUT2D eigenvalue weighted by Gasteiger charge is -2.08. The molecule has 0 fully saturated rings. The maximum Gasteiger partial charge on any atom is 0.293 e. The van der Waals surface area contributed by atoms with Gasteiger partial charge in [0.15, 0.2) is 0 Å². The van der Waals surface area contributed by atoms with Gasteiger partial charge in [-0.25, -0.2) is 4.39 Å². The number of benzene rings is 2. The molecule has 0 radical (unpaired) electrons. The van der Waals surface area contributed by atoms with Crippen molar-refractivity contribution in [3.8, 4) is 11.8 Å². The first-order valence-electron chi connectivity index (χ1n) is 5.90. The van der Waals surface area contributed by atoms with E-state index in [1.807, 2.05) is 6.07 Å². The highest BCUT2D eigenvalue weighted by Crippen LogP contribution is 2.26. The highest BCUT2D eigenvalue weighted by atomic mass is 19.1. The first-order valence-corrected chi connectivity index (χ1v) is 5.90. The number of nitro groups is 1. The fraction of sp³-hybridized carbons (Fsp3) is 0.0714. The van der Waals surface area contributed by atoms with E-state index < -0.39 is 10.7 Å². The topological polar surface area (TPSA) is 99.2 Å². The molecule has 2 aromatic carbocycles. The van der Waals surface area contributed by atoms with Crippen LogP contribution in [0.5, 0.6) is 5.75 Å². The van der Waals surface area contributed by atoms with Crippen LogP contribution in [0.4, 0.5) is 15.8 Å². The van der Waals surface area contributed by atoms with Gasteiger partial charge in [-0.15, -0.1) is 0 Å². The van der Waals surface area contributed by atoms with E-state index in [0.29, 0.717) is 5.56 Å². The van der Waals surface area contributed by atoms with Gasteiger partial charge < -0.3 is 10.4 Å². The maximum absolute atomic E-state index is 13.1. The predicted octanol–water partition coefficient (Wildman–Crippen LogP) is 2.92. The number of phenols is 1. The summed E-state index contributed by atoms with van der Waals surface area (Å²) in [6.07, 6.45) is 0. The Hall–Kier alpha value is -3.14. The fourth-order valence-corrected chi connectivity index (χ4v) is 1.83. The van der Waals surface area contributed by atoms with Gasteiger partial charge >= 0.3 is 0 Å². The molecule has 0 spiro atoms. The molecule has 0 amide bonds. The van der Waals surface area contributed by atoms with Crippen LogP contribution in [0, 0.1) is 27.3 Å². The van der Waals surface area contributed by atoms with E-state index in [0.717, 1.165) is 12.1 Å². The molecule has 0 saturated carbocycles. The summed E-state index contributed by atoms with van der Waals surface area (Å²) in [4.78, 5) is 10.4. The molecule has 0 heterocycles. The van der Waals surface area contributed by atoms with Crippen LogP contribution in [0.2, 0.25) is 0 Å². The lowest BCUT2D eigenvalue weighted by atomic mass is 10.1. The zero-order valence-electron chi connectivity index (χ0n) is 10.7. The van der Waals surface area contributed by atoms with Crippen molar-refractivity contribution in [2.24, 2.45) is 0 Å². The lowest BCUT2D eigenvalue weighted by Crippen LogP contribution is -2.03. The standard InChI is InChI=1S/C14H10FN3O3/c15-11-3-10(4-12(19)6-11)8-17-13-2-1-9(7-16)5-14(13)18(20)21/h1-6,17,19H,8H2. The predicted molar refractivity (Wildman–Crippen MR) is 73.2 cm³/mol. The monoisotopic (exact) mass is 287 g/mol. The van der Waals surface area contributed by atoms with Crippen molar-refractivity contribution < 1.29 is 14.4 Å². The number of hydrogen-bond acceptors (Lipinski definition) is 5. The molecule has 0 aliphatic heterocycles. The average Bonchev–Trinajstić information content (AvgIpc) is 2.43. The summed E-state index contributed by atoms with van der Waals surface area (Å²) in [6, 6.07) is 9.37. The second-order valence-corrected chi connectivity index (χ2v) is 4.27. The van der Waals surface area contributed by atoms with E-state index in [4.69, 9.17) is 5.26 Å². The number of aromatic hydroxyl groups is 1. The molecule has 106 valence electrons. The number of nitrogens with zero attached hydrogens (tertiary/aromatic N) is 2. The van der Waals surface area contributed by atoms with Gasteiger partial charge in [-0.05, 0) is 29.8 Å². The Bertz CT molecular complexity index is 720. The molecule has 21 heavy (non-hydrogen) atoms. The van der Waals surface area contributed by atoms with Gasteiger partial charge in [0.05, 0.1) is 16.6 Å². The summed E-state index contributed by atoms with van der Waals surface area (Å²) in [5.74, 6) is -0.817. The van der Waals surface area contributed by atoms with Crippen LogP contribution in [0.3, 0.4) is 0 Å². The summed E-state index contributed by atoms with van der Waals surface area (Å²) < 4.78 is 13.1. The highest BCUT2D eigenvalue weighted by molar-refractivity contribution is 5.64. The number of nitriles is 1. The third-order valence-corrected chi connectivity index (χ3v) is 2.75. The van der Waals surface area contributed by atoms with E-state index >= 15 is 0 Å². The molecule has 0 unspecified atom stereocenters. The van der Waals surface area contributed by atoms with Crippen LogP contribution in [0.1, 0.15) is 11.1 Å². The van der Waals surface area contributed by atoms with Crippen molar-refractivity contribution in [2.75, 3.05) is 5.32 Å². The molecule has 2 aromatic rings. The van der Waals surface area contributed by atoms with Crippen LogP contribution in [0.25, 0.3) is 0 Å². The maximum atomic E-state index is 13.1. The molecular formula is C14H10FN3O3. The number of hydrogen-bond donors (Lipinski definition) is 2. The Labute approximate surface area is 119 Å². The Balaban J connectivity index is 2.23. The first kappa shape index (κ1) is 14.3. The number of rotatable bonds is 4. The summed E-state index contributed by atoms with van der Waals surface area (Å²) in [7, 11) is 0. The fourth-order valence-electron chi connectivity index (χ4n) is 1.83. The van der Waals surface area contributed by atoms with Crippen LogP contribution in [-0.2, 0) is 6.54 Å². The molecule has 7 heteroatoms. The van der Waals surface area contributed by atoms with E-state index in [9.17, 15) is 19.6 Å². The molecule has 2 rings (SSSR count). The molecule has 6 nitrogen and oxygen atoms in total. The van der Waals surface area contributed by atoms with Crippen LogP contribution in [-0.4, -0.2) is 10.0 Å². The van der Waals surface area contributed by atoms with Gasteiger partial charge in [0, 0.05) is 18.7 Å². The number of anilines is 1. The molecule has 0 aliphatic carbocycles. The Morgan fingerprint density at radius 3 is 2.71 bits per heavy atom. The Morgan fingerprint density at radius 2 is 2.10 bits per heavy atom. The van der Waals surface area contributed by atoms with Crippen molar-refractivity contribution in [3.05, 3.63) is 63.5 Å². The number of phenolic OH excluding ortho intramolecular Hbond substituents is 1. The van der Waals surface area contributed by atoms with Gasteiger partial charge in [-0.1, -0.05) is 0 Å². The van der Waals surface area contributed by atoms with Crippen molar-refractivity contribution in [2.45, 2.75) is 6.54 Å². The lowest BCUT2D eigenvalue weighted by molar-refractivity contribution is -0.384. The summed E-state index contributed by atoms with van der Waals surface area (Å²) in [6.45, 7) is 0.0953. The number of nitrogens with one attached hydrogen (secondary N) is 1. The van der Waals surface area contributed by atoms with Crippen molar-refractivity contribution in [3.63, 3.8) is 0 Å². The second-order valence-electron chi connectivity index (χ2n) is 4.27. The number of halogens is 1. The summed E-state index contributed by atoms with van der Waals surface area (Å²) in [5.41, 5.74) is 0.583. The third kappa shape index (κ3) is 3.45. The Kier molecular flexibility index (Phi) is 4.00. The van der Waals surface area contributed by atoms with Crippen LogP contribution >= 0.6 is 0 Å². The van der Waals surface area contributed by atoms with Gasteiger partial charge in [-0.3, -0.25) is 10.1 Å². The molecule has 0 aliphatic rings. The van der Waals surface area contributed by atoms with Gasteiger partial charge in [-0.2, -0.15) is 5.26 Å². The van der Waals surface area contributed by atoms with E-state index in [1.165, 1.54) is 24.3 Å². The van der Waals surface area contributed by atoms with Gasteiger partial charge in [0.25, 0.3) is 5.69 Å². The molecular weight excluding hydrogens is 277 g/mol. The zero-order valence-corrected chi connectivity index (χ0v) is 10.7. The molecule has 2 N–H and O–H groups in total. The minimum atomic E-state index is -0.605. The van der Waals surface area contributed by atoms with E-state index in [2.05, 4.69) is 5.32 Å². The van der Waals surface area contributed by atoms with Crippen LogP contribution < -0.4 is 5.32 Å². The Morgan fingerprint density at radius 1 is 1.33 bits per heavy atom. The molecule has 0 bridgehead atoms. The second kappa shape index (κ2) is 5.88. The normalized spacial score (nSPS) is 9.90. The smallest absolute Gasteiger partial charge is 0.293 e. The van der Waals surface area contributed by atoms with Crippen molar-refractivity contribution in [1.29, 1.82) is 5.26 Å². The van der Waals surface area contributed by atoms with E-state index in [1.54, 1.807) is 0 Å². The summed E-state index contributed by atoms with van der Waals surface area (Å²) >= 11 is 0. The van der Waals surface area contributed by atoms with Crippen molar-refractivity contribution in [1.82, 2.24) is 0 Å². The highest BCUT2D eigenvalue weighted by Gasteiger charge is 2.14. The zero-order chi connectivity index (χ0) is 15.4. The van der Waals surface area contributed by atoms with Gasteiger partial charge in [0.1, 0.15) is 17.3 Å². The average molecular weight is 287 g/mol. The minimum absolute atomic E-state index is 0.0953. The van der Waals surface area contributed by atoms with E-state index in [-0.39, 0.29) is 29.2 Å². The number of nitro benzene ring substituents is 1. The quantitative estimate of drug-likeness (QED) is 0.665. The SMILES string of the molecule is N#Cc1ccc(NCc2cc(O)cc(F)c2)c([N+](=O)[O-])c1.